The summed E-state index contributed by atoms with van der Waals surface area (Å²) < 4.78 is 13.5. The molecule has 3 heterocycles. The van der Waals surface area contributed by atoms with Crippen LogP contribution in [-0.2, 0) is 4.79 Å². The Labute approximate surface area is 195 Å². The van der Waals surface area contributed by atoms with Crippen LogP contribution in [0.5, 0.6) is 11.5 Å². The van der Waals surface area contributed by atoms with E-state index in [9.17, 15) is 9.59 Å². The maximum atomic E-state index is 13.4. The third-order valence-electron chi connectivity index (χ3n) is 7.30. The van der Waals surface area contributed by atoms with Crippen LogP contribution in [0.2, 0.25) is 0 Å². The van der Waals surface area contributed by atoms with E-state index in [0.717, 1.165) is 28.6 Å². The standard InChI is InChI=1S/C26H33N3O4/c1-18-15-22(19(2)29(18)21-7-8-23-24(17-21)33-14-13-32-23)26(31)28-11-9-27(10-12-28)25(30)16-20-5-3-4-6-20/h7-8,15,17,20H,3-6,9-14,16H2,1-2H3. The molecule has 1 aromatic heterocycles. The van der Waals surface area contributed by atoms with Crippen LogP contribution in [0.15, 0.2) is 24.3 Å². The maximum absolute atomic E-state index is 13.4. The molecule has 1 aliphatic carbocycles. The molecule has 2 fully saturated rings. The molecule has 0 N–H and O–H groups in total. The molecule has 2 amide bonds. The van der Waals surface area contributed by atoms with E-state index < -0.39 is 0 Å². The first-order valence-electron chi connectivity index (χ1n) is 12.2. The summed E-state index contributed by atoms with van der Waals surface area (Å²) in [6, 6.07) is 7.85. The van der Waals surface area contributed by atoms with Crippen molar-refractivity contribution < 1.29 is 19.1 Å². The molecule has 5 rings (SSSR count). The number of hydrogen-bond acceptors (Lipinski definition) is 4. The van der Waals surface area contributed by atoms with Gasteiger partial charge in [0.2, 0.25) is 5.91 Å². The van der Waals surface area contributed by atoms with E-state index in [1.54, 1.807) is 0 Å². The van der Waals surface area contributed by atoms with Gasteiger partial charge in [0.25, 0.3) is 5.91 Å². The predicted molar refractivity (Wildman–Crippen MR) is 125 cm³/mol. The van der Waals surface area contributed by atoms with Crippen LogP contribution < -0.4 is 9.47 Å². The van der Waals surface area contributed by atoms with Crippen molar-refractivity contribution in [3.8, 4) is 17.2 Å². The monoisotopic (exact) mass is 451 g/mol. The topological polar surface area (TPSA) is 64.0 Å². The van der Waals surface area contributed by atoms with Crippen LogP contribution in [0.1, 0.15) is 53.8 Å². The average Bonchev–Trinajstić information content (AvgIpc) is 3.45. The number of benzene rings is 1. The number of carbonyl (C=O) groups excluding carboxylic acids is 2. The van der Waals surface area contributed by atoms with Gasteiger partial charge in [-0.15, -0.1) is 0 Å². The summed E-state index contributed by atoms with van der Waals surface area (Å²) in [5.74, 6) is 2.34. The first-order valence-corrected chi connectivity index (χ1v) is 12.2. The molecule has 0 atom stereocenters. The highest BCUT2D eigenvalue weighted by atomic mass is 16.6. The van der Waals surface area contributed by atoms with Crippen LogP contribution in [0.25, 0.3) is 5.69 Å². The van der Waals surface area contributed by atoms with Crippen molar-refractivity contribution >= 4 is 11.8 Å². The third-order valence-corrected chi connectivity index (χ3v) is 7.30. The normalized spacial score (nSPS) is 18.6. The van der Waals surface area contributed by atoms with Crippen LogP contribution in [-0.4, -0.2) is 65.6 Å². The lowest BCUT2D eigenvalue weighted by Gasteiger charge is -2.35. The second-order valence-corrected chi connectivity index (χ2v) is 9.48. The van der Waals surface area contributed by atoms with Gasteiger partial charge in [-0.25, -0.2) is 0 Å². The van der Waals surface area contributed by atoms with Crippen molar-refractivity contribution in [3.05, 3.63) is 41.2 Å². The zero-order valence-corrected chi connectivity index (χ0v) is 19.6. The fraction of sp³-hybridized carbons (Fsp3) is 0.538. The van der Waals surface area contributed by atoms with E-state index in [4.69, 9.17) is 9.47 Å². The highest BCUT2D eigenvalue weighted by molar-refractivity contribution is 5.96. The third kappa shape index (κ3) is 4.33. The summed E-state index contributed by atoms with van der Waals surface area (Å²) in [6.45, 7) is 7.52. The van der Waals surface area contributed by atoms with E-state index in [2.05, 4.69) is 4.57 Å². The van der Waals surface area contributed by atoms with Crippen LogP contribution in [0.4, 0.5) is 0 Å². The van der Waals surface area contributed by atoms with Gasteiger partial charge < -0.3 is 23.8 Å². The first kappa shape index (κ1) is 21.9. The number of aromatic nitrogens is 1. The fourth-order valence-electron chi connectivity index (χ4n) is 5.47. The molecule has 0 spiro atoms. The van der Waals surface area contributed by atoms with Crippen molar-refractivity contribution in [2.75, 3.05) is 39.4 Å². The van der Waals surface area contributed by atoms with Crippen molar-refractivity contribution in [3.63, 3.8) is 0 Å². The van der Waals surface area contributed by atoms with Gasteiger partial charge in [-0.3, -0.25) is 9.59 Å². The zero-order valence-electron chi connectivity index (χ0n) is 19.6. The molecule has 0 unspecified atom stereocenters. The lowest BCUT2D eigenvalue weighted by molar-refractivity contribution is -0.133. The summed E-state index contributed by atoms with van der Waals surface area (Å²) >= 11 is 0. The van der Waals surface area contributed by atoms with Crippen molar-refractivity contribution in [1.29, 1.82) is 0 Å². The number of nitrogens with zero attached hydrogens (tertiary/aromatic N) is 3. The van der Waals surface area contributed by atoms with E-state index in [1.165, 1.54) is 25.7 Å². The molecular formula is C26H33N3O4. The lowest BCUT2D eigenvalue weighted by Crippen LogP contribution is -2.50. The number of carbonyl (C=O) groups is 2. The Morgan fingerprint density at radius 3 is 2.30 bits per heavy atom. The highest BCUT2D eigenvalue weighted by Crippen LogP contribution is 2.34. The van der Waals surface area contributed by atoms with Crippen LogP contribution in [0.3, 0.4) is 0 Å². The fourth-order valence-corrected chi connectivity index (χ4v) is 5.47. The Balaban J connectivity index is 1.27. The molecule has 1 aromatic carbocycles. The van der Waals surface area contributed by atoms with Crippen molar-refractivity contribution in [2.45, 2.75) is 46.0 Å². The molecule has 33 heavy (non-hydrogen) atoms. The van der Waals surface area contributed by atoms with Gasteiger partial charge in [0.1, 0.15) is 13.2 Å². The predicted octanol–water partition coefficient (Wildman–Crippen LogP) is 3.73. The van der Waals surface area contributed by atoms with Gasteiger partial charge in [0, 0.05) is 55.7 Å². The number of hydrogen-bond donors (Lipinski definition) is 0. The minimum Gasteiger partial charge on any atom is -0.486 e. The molecule has 1 saturated carbocycles. The molecule has 0 radical (unpaired) electrons. The molecule has 7 heteroatoms. The van der Waals surface area contributed by atoms with Gasteiger partial charge in [-0.05, 0) is 50.8 Å². The summed E-state index contributed by atoms with van der Waals surface area (Å²) in [6.07, 6.45) is 5.55. The minimum atomic E-state index is 0.0368. The summed E-state index contributed by atoms with van der Waals surface area (Å²) in [5.41, 5.74) is 3.58. The molecular weight excluding hydrogens is 418 g/mol. The quantitative estimate of drug-likeness (QED) is 0.711. The van der Waals surface area contributed by atoms with Gasteiger partial charge >= 0.3 is 0 Å². The Bertz CT molecular complexity index is 1050. The second kappa shape index (κ2) is 9.12. The summed E-state index contributed by atoms with van der Waals surface area (Å²) in [5, 5.41) is 0. The van der Waals surface area contributed by atoms with E-state index in [-0.39, 0.29) is 11.8 Å². The Morgan fingerprint density at radius 1 is 0.909 bits per heavy atom. The molecule has 0 bridgehead atoms. The molecule has 176 valence electrons. The Kier molecular flexibility index (Phi) is 6.04. The van der Waals surface area contributed by atoms with Crippen molar-refractivity contribution in [2.24, 2.45) is 5.92 Å². The van der Waals surface area contributed by atoms with Gasteiger partial charge in [-0.2, -0.15) is 0 Å². The van der Waals surface area contributed by atoms with Gasteiger partial charge in [-0.1, -0.05) is 12.8 Å². The molecule has 3 aliphatic rings. The Morgan fingerprint density at radius 2 is 1.58 bits per heavy atom. The van der Waals surface area contributed by atoms with E-state index in [0.29, 0.717) is 57.3 Å². The molecule has 2 aliphatic heterocycles. The number of ether oxygens (including phenoxy) is 2. The van der Waals surface area contributed by atoms with Crippen molar-refractivity contribution in [1.82, 2.24) is 14.4 Å². The largest absolute Gasteiger partial charge is 0.486 e. The number of piperazine rings is 1. The molecule has 1 saturated heterocycles. The average molecular weight is 452 g/mol. The molecule has 7 nitrogen and oxygen atoms in total. The highest BCUT2D eigenvalue weighted by Gasteiger charge is 2.29. The van der Waals surface area contributed by atoms with Gasteiger partial charge in [0.15, 0.2) is 11.5 Å². The maximum Gasteiger partial charge on any atom is 0.255 e. The number of fused-ring (bicyclic) bond motifs is 1. The number of rotatable bonds is 4. The lowest BCUT2D eigenvalue weighted by atomic mass is 10.0. The second-order valence-electron chi connectivity index (χ2n) is 9.48. The van der Waals surface area contributed by atoms with E-state index >= 15 is 0 Å². The minimum absolute atomic E-state index is 0.0368. The van der Waals surface area contributed by atoms with Gasteiger partial charge in [0.05, 0.1) is 5.56 Å². The van der Waals surface area contributed by atoms with E-state index in [1.807, 2.05) is 47.9 Å². The summed E-state index contributed by atoms with van der Waals surface area (Å²) in [7, 11) is 0. The Hall–Kier alpha value is -2.96. The SMILES string of the molecule is Cc1cc(C(=O)N2CCN(C(=O)CC3CCCC3)CC2)c(C)n1-c1ccc2c(c1)OCCO2. The zero-order chi connectivity index (χ0) is 22.9. The number of amides is 2. The number of aryl methyl sites for hydroxylation is 1. The van der Waals surface area contributed by atoms with Crippen LogP contribution >= 0.6 is 0 Å². The smallest absolute Gasteiger partial charge is 0.255 e. The molecule has 2 aromatic rings. The summed E-state index contributed by atoms with van der Waals surface area (Å²) in [4.78, 5) is 29.9. The van der Waals surface area contributed by atoms with Crippen LogP contribution in [0, 0.1) is 19.8 Å². The first-order chi connectivity index (χ1) is 16.0.